The molecule has 4 aromatic rings. The second-order valence-corrected chi connectivity index (χ2v) is 5.78. The lowest BCUT2D eigenvalue weighted by Gasteiger charge is -2.09. The largest absolute Gasteiger partial charge is 0.310 e. The Labute approximate surface area is 144 Å². The minimum Gasteiger partial charge on any atom is -0.310 e. The van der Waals surface area contributed by atoms with Crippen molar-refractivity contribution in [3.8, 4) is 0 Å². The molecule has 124 valence electrons. The molecule has 25 heavy (non-hydrogen) atoms. The van der Waals surface area contributed by atoms with Crippen molar-refractivity contribution in [3.05, 3.63) is 60.4 Å². The van der Waals surface area contributed by atoms with Crippen LogP contribution in [0.25, 0.3) is 22.1 Å². The number of rotatable bonds is 4. The molecule has 0 fully saturated rings. The van der Waals surface area contributed by atoms with Gasteiger partial charge < -0.3 is 4.57 Å². The monoisotopic (exact) mass is 331 g/mol. The van der Waals surface area contributed by atoms with Crippen LogP contribution in [-0.4, -0.2) is 25.4 Å². The van der Waals surface area contributed by atoms with Gasteiger partial charge in [-0.3, -0.25) is 10.1 Å². The number of para-hydroxylation sites is 2. The van der Waals surface area contributed by atoms with Gasteiger partial charge in [-0.25, -0.2) is 15.0 Å². The van der Waals surface area contributed by atoms with Crippen molar-refractivity contribution >= 4 is 33.9 Å². The van der Waals surface area contributed by atoms with Crippen LogP contribution in [0, 0.1) is 0 Å². The lowest BCUT2D eigenvalue weighted by molar-refractivity contribution is 0.102. The van der Waals surface area contributed by atoms with Gasteiger partial charge in [0.15, 0.2) is 5.65 Å². The molecule has 0 unspecified atom stereocenters. The van der Waals surface area contributed by atoms with E-state index in [2.05, 4.69) is 27.2 Å². The molecule has 0 bridgehead atoms. The highest BCUT2D eigenvalue weighted by atomic mass is 16.2. The van der Waals surface area contributed by atoms with Crippen LogP contribution in [0.5, 0.6) is 0 Å². The molecule has 6 nitrogen and oxygen atoms in total. The summed E-state index contributed by atoms with van der Waals surface area (Å²) in [6.45, 7) is 2.87. The van der Waals surface area contributed by atoms with Gasteiger partial charge in [0.1, 0.15) is 5.69 Å². The number of carbonyl (C=O) groups is 1. The van der Waals surface area contributed by atoms with Gasteiger partial charge >= 0.3 is 0 Å². The van der Waals surface area contributed by atoms with E-state index in [0.29, 0.717) is 17.3 Å². The maximum absolute atomic E-state index is 12.6. The number of imidazole rings is 1. The Balaban J connectivity index is 1.69. The summed E-state index contributed by atoms with van der Waals surface area (Å²) in [5.41, 5.74) is 2.74. The fourth-order valence-electron chi connectivity index (χ4n) is 2.87. The van der Waals surface area contributed by atoms with Crippen molar-refractivity contribution in [1.29, 1.82) is 0 Å². The number of hydrogen-bond acceptors (Lipinski definition) is 4. The number of pyridine rings is 2. The molecule has 0 atom stereocenters. The Kier molecular flexibility index (Phi) is 3.85. The quantitative estimate of drug-likeness (QED) is 0.619. The third-order valence-electron chi connectivity index (χ3n) is 4.02. The molecule has 1 N–H and O–H groups in total. The van der Waals surface area contributed by atoms with Crippen LogP contribution in [0.15, 0.2) is 54.7 Å². The number of aromatic nitrogens is 4. The maximum atomic E-state index is 12.6. The molecule has 6 heteroatoms. The molecule has 0 saturated heterocycles. The second kappa shape index (κ2) is 6.32. The van der Waals surface area contributed by atoms with Crippen LogP contribution in [-0.2, 0) is 6.54 Å². The molecule has 0 radical (unpaired) electrons. The first-order valence-corrected chi connectivity index (χ1v) is 8.24. The van der Waals surface area contributed by atoms with Crippen molar-refractivity contribution in [1.82, 2.24) is 19.5 Å². The Hall–Kier alpha value is -3.28. The number of anilines is 1. The molecule has 1 amide bonds. The van der Waals surface area contributed by atoms with E-state index in [4.69, 9.17) is 0 Å². The van der Waals surface area contributed by atoms with Crippen LogP contribution in [0.2, 0.25) is 0 Å². The third kappa shape index (κ3) is 2.82. The van der Waals surface area contributed by atoms with Gasteiger partial charge in [0.25, 0.3) is 5.91 Å². The van der Waals surface area contributed by atoms with Gasteiger partial charge in [0, 0.05) is 18.1 Å². The molecule has 1 aromatic carbocycles. The predicted octanol–water partition coefficient (Wildman–Crippen LogP) is 3.64. The predicted molar refractivity (Wildman–Crippen MR) is 97.5 cm³/mol. The lowest BCUT2D eigenvalue weighted by atomic mass is 10.2. The average molecular weight is 331 g/mol. The fraction of sp³-hybridized carbons (Fsp3) is 0.158. The van der Waals surface area contributed by atoms with Gasteiger partial charge in [0.2, 0.25) is 5.95 Å². The Morgan fingerprint density at radius 3 is 2.84 bits per heavy atom. The van der Waals surface area contributed by atoms with Gasteiger partial charge in [-0.1, -0.05) is 19.1 Å². The van der Waals surface area contributed by atoms with Crippen molar-refractivity contribution in [2.24, 2.45) is 0 Å². The van der Waals surface area contributed by atoms with Gasteiger partial charge in [-0.2, -0.15) is 0 Å². The van der Waals surface area contributed by atoms with E-state index < -0.39 is 0 Å². The summed E-state index contributed by atoms with van der Waals surface area (Å²) in [6, 6.07) is 15.2. The number of aryl methyl sites for hydroxylation is 1. The number of nitrogens with one attached hydrogen (secondary N) is 1. The summed E-state index contributed by atoms with van der Waals surface area (Å²) < 4.78 is 2.02. The highest BCUT2D eigenvalue weighted by molar-refractivity contribution is 6.03. The molecule has 0 spiro atoms. The summed E-state index contributed by atoms with van der Waals surface area (Å²) in [7, 11) is 0. The van der Waals surface area contributed by atoms with Crippen LogP contribution >= 0.6 is 0 Å². The Morgan fingerprint density at radius 2 is 1.96 bits per heavy atom. The van der Waals surface area contributed by atoms with E-state index in [1.807, 2.05) is 47.0 Å². The first kappa shape index (κ1) is 15.3. The van der Waals surface area contributed by atoms with Crippen molar-refractivity contribution in [2.75, 3.05) is 5.32 Å². The minimum absolute atomic E-state index is 0.291. The molecule has 4 rings (SSSR count). The van der Waals surface area contributed by atoms with Crippen molar-refractivity contribution < 1.29 is 4.79 Å². The van der Waals surface area contributed by atoms with E-state index in [9.17, 15) is 4.79 Å². The molecule has 0 aliphatic heterocycles. The molecule has 0 aliphatic carbocycles. The minimum atomic E-state index is -0.291. The highest BCUT2D eigenvalue weighted by Gasteiger charge is 2.15. The SMILES string of the molecule is CCCn1c(NC(=O)c2ccc3cccnc3n2)nc2ccccc21. The standard InChI is InChI=1S/C19H17N5O/c1-2-12-24-16-8-4-3-7-14(16)22-19(24)23-18(25)15-10-9-13-6-5-11-20-17(13)21-15/h3-11H,2,12H2,1H3,(H,22,23,25). The summed E-state index contributed by atoms with van der Waals surface area (Å²) >= 11 is 0. The fourth-order valence-corrected chi connectivity index (χ4v) is 2.87. The van der Waals surface area contributed by atoms with E-state index >= 15 is 0 Å². The summed E-state index contributed by atoms with van der Waals surface area (Å²) in [6.07, 6.45) is 2.61. The maximum Gasteiger partial charge on any atom is 0.276 e. The number of carbonyl (C=O) groups excluding carboxylic acids is 1. The highest BCUT2D eigenvalue weighted by Crippen LogP contribution is 2.20. The van der Waals surface area contributed by atoms with E-state index in [-0.39, 0.29) is 5.91 Å². The number of hydrogen-bond donors (Lipinski definition) is 1. The number of benzene rings is 1. The number of amides is 1. The topological polar surface area (TPSA) is 72.7 Å². The van der Waals surface area contributed by atoms with Crippen LogP contribution in [0.1, 0.15) is 23.8 Å². The number of nitrogens with zero attached hydrogens (tertiary/aromatic N) is 4. The van der Waals surface area contributed by atoms with Crippen LogP contribution < -0.4 is 5.32 Å². The zero-order valence-corrected chi connectivity index (χ0v) is 13.8. The molecular formula is C19H17N5O. The van der Waals surface area contributed by atoms with E-state index in [0.717, 1.165) is 29.4 Å². The normalized spacial score (nSPS) is 11.1. The smallest absolute Gasteiger partial charge is 0.276 e. The Bertz CT molecular complexity index is 1070. The van der Waals surface area contributed by atoms with Crippen LogP contribution in [0.3, 0.4) is 0 Å². The summed E-state index contributed by atoms with van der Waals surface area (Å²) in [5.74, 6) is 0.246. The first-order valence-electron chi connectivity index (χ1n) is 8.24. The molecule has 3 heterocycles. The summed E-state index contributed by atoms with van der Waals surface area (Å²) in [4.78, 5) is 25.7. The zero-order chi connectivity index (χ0) is 17.2. The lowest BCUT2D eigenvalue weighted by Crippen LogP contribution is -2.17. The van der Waals surface area contributed by atoms with Crippen LogP contribution in [0.4, 0.5) is 5.95 Å². The van der Waals surface area contributed by atoms with Gasteiger partial charge in [0.05, 0.1) is 11.0 Å². The van der Waals surface area contributed by atoms with Crippen molar-refractivity contribution in [3.63, 3.8) is 0 Å². The molecule has 0 aliphatic rings. The Morgan fingerprint density at radius 1 is 1.08 bits per heavy atom. The summed E-state index contributed by atoms with van der Waals surface area (Å²) in [5, 5.41) is 3.79. The van der Waals surface area contributed by atoms with Gasteiger partial charge in [-0.05, 0) is 42.8 Å². The molecular weight excluding hydrogens is 314 g/mol. The molecule has 3 aromatic heterocycles. The molecule has 0 saturated carbocycles. The first-order chi connectivity index (χ1) is 12.3. The van der Waals surface area contributed by atoms with Crippen molar-refractivity contribution in [2.45, 2.75) is 19.9 Å². The average Bonchev–Trinajstić information content (AvgIpc) is 2.99. The zero-order valence-electron chi connectivity index (χ0n) is 13.8. The number of fused-ring (bicyclic) bond motifs is 2. The second-order valence-electron chi connectivity index (χ2n) is 5.78. The third-order valence-corrected chi connectivity index (χ3v) is 4.02. The van der Waals surface area contributed by atoms with E-state index in [1.165, 1.54) is 0 Å². The van der Waals surface area contributed by atoms with E-state index in [1.54, 1.807) is 12.3 Å². The van der Waals surface area contributed by atoms with Gasteiger partial charge in [-0.15, -0.1) is 0 Å².